The van der Waals surface area contributed by atoms with Gasteiger partial charge >= 0.3 is 0 Å². The summed E-state index contributed by atoms with van der Waals surface area (Å²) in [6.45, 7) is 3.07. The van der Waals surface area contributed by atoms with Crippen LogP contribution in [0.1, 0.15) is 11.1 Å². The molecule has 3 heteroatoms. The lowest BCUT2D eigenvalue weighted by Gasteiger charge is -2.17. The van der Waals surface area contributed by atoms with Crippen LogP contribution in [0.15, 0.2) is 42.7 Å². The van der Waals surface area contributed by atoms with E-state index in [9.17, 15) is 0 Å². The Morgan fingerprint density at radius 3 is 2.53 bits per heavy atom. The molecule has 0 amide bonds. The van der Waals surface area contributed by atoms with Crippen molar-refractivity contribution in [2.75, 3.05) is 30.9 Å². The van der Waals surface area contributed by atoms with Gasteiger partial charge in [-0.15, -0.1) is 0 Å². The van der Waals surface area contributed by atoms with Crippen LogP contribution in [0.5, 0.6) is 0 Å². The summed E-state index contributed by atoms with van der Waals surface area (Å²) >= 11 is 0. The average molecular weight is 255 g/mol. The molecule has 1 aromatic heterocycles. The van der Waals surface area contributed by atoms with Gasteiger partial charge in [-0.1, -0.05) is 6.07 Å². The minimum Gasteiger partial charge on any atom is -0.385 e. The maximum Gasteiger partial charge on any atom is 0.0411 e. The molecule has 0 saturated carbocycles. The van der Waals surface area contributed by atoms with E-state index in [1.165, 1.54) is 22.5 Å². The van der Waals surface area contributed by atoms with Crippen molar-refractivity contribution in [3.63, 3.8) is 0 Å². The second-order valence-electron chi connectivity index (χ2n) is 4.93. The van der Waals surface area contributed by atoms with Crippen LogP contribution < -0.4 is 10.2 Å². The molecular formula is C16H21N3. The van der Waals surface area contributed by atoms with Crippen molar-refractivity contribution in [3.8, 4) is 0 Å². The van der Waals surface area contributed by atoms with Crippen molar-refractivity contribution >= 4 is 11.4 Å². The zero-order valence-corrected chi connectivity index (χ0v) is 11.9. The molecule has 2 aromatic rings. The van der Waals surface area contributed by atoms with Gasteiger partial charge in [0.1, 0.15) is 0 Å². The quantitative estimate of drug-likeness (QED) is 0.889. The van der Waals surface area contributed by atoms with E-state index >= 15 is 0 Å². The van der Waals surface area contributed by atoms with Crippen LogP contribution in [-0.4, -0.2) is 25.6 Å². The third-order valence-electron chi connectivity index (χ3n) is 3.18. The van der Waals surface area contributed by atoms with Gasteiger partial charge in [0.15, 0.2) is 0 Å². The van der Waals surface area contributed by atoms with E-state index in [1.54, 1.807) is 0 Å². The zero-order valence-electron chi connectivity index (χ0n) is 11.9. The monoisotopic (exact) mass is 255 g/mol. The molecule has 0 atom stereocenters. The van der Waals surface area contributed by atoms with E-state index in [4.69, 9.17) is 0 Å². The van der Waals surface area contributed by atoms with Crippen LogP contribution in [0.25, 0.3) is 0 Å². The second-order valence-corrected chi connectivity index (χ2v) is 4.93. The van der Waals surface area contributed by atoms with Gasteiger partial charge in [-0.2, -0.15) is 0 Å². The average Bonchev–Trinajstić information content (AvgIpc) is 2.41. The van der Waals surface area contributed by atoms with Crippen molar-refractivity contribution < 1.29 is 0 Å². The number of rotatable bonds is 5. The van der Waals surface area contributed by atoms with Gasteiger partial charge in [0.25, 0.3) is 0 Å². The maximum absolute atomic E-state index is 4.03. The van der Waals surface area contributed by atoms with Gasteiger partial charge in [0, 0.05) is 44.4 Å². The van der Waals surface area contributed by atoms with Crippen LogP contribution in [-0.2, 0) is 6.42 Å². The molecule has 19 heavy (non-hydrogen) atoms. The van der Waals surface area contributed by atoms with Gasteiger partial charge in [-0.05, 0) is 48.7 Å². The first-order valence-corrected chi connectivity index (χ1v) is 6.57. The molecule has 0 spiro atoms. The van der Waals surface area contributed by atoms with E-state index < -0.39 is 0 Å². The first-order chi connectivity index (χ1) is 9.16. The summed E-state index contributed by atoms with van der Waals surface area (Å²) in [7, 11) is 4.15. The summed E-state index contributed by atoms with van der Waals surface area (Å²) in [5.74, 6) is 0. The standard InChI is InChI=1S/C16H21N3/c1-13-4-5-15(12-16(13)19(2)3)18-11-8-14-6-9-17-10-7-14/h4-7,9-10,12,18H,8,11H2,1-3H3. The first kappa shape index (κ1) is 13.4. The Labute approximate surface area is 115 Å². The van der Waals surface area contributed by atoms with Crippen LogP contribution in [0.2, 0.25) is 0 Å². The normalized spacial score (nSPS) is 10.3. The Morgan fingerprint density at radius 1 is 1.11 bits per heavy atom. The Balaban J connectivity index is 1.95. The van der Waals surface area contributed by atoms with Crippen LogP contribution in [0.4, 0.5) is 11.4 Å². The number of hydrogen-bond acceptors (Lipinski definition) is 3. The summed E-state index contributed by atoms with van der Waals surface area (Å²) in [6, 6.07) is 10.6. The van der Waals surface area contributed by atoms with Gasteiger partial charge in [-0.3, -0.25) is 4.98 Å². The molecule has 100 valence electrons. The van der Waals surface area contributed by atoms with Crippen molar-refractivity contribution in [3.05, 3.63) is 53.9 Å². The minimum absolute atomic E-state index is 0.930. The molecule has 0 unspecified atom stereocenters. The van der Waals surface area contributed by atoms with Gasteiger partial charge in [0.05, 0.1) is 0 Å². The summed E-state index contributed by atoms with van der Waals surface area (Å²) < 4.78 is 0. The molecule has 0 fully saturated rings. The Bertz CT molecular complexity index is 521. The Morgan fingerprint density at radius 2 is 1.84 bits per heavy atom. The Hall–Kier alpha value is -2.03. The fourth-order valence-corrected chi connectivity index (χ4v) is 2.10. The summed E-state index contributed by atoms with van der Waals surface area (Å²) in [5.41, 5.74) is 5.03. The molecule has 3 nitrogen and oxygen atoms in total. The number of aryl methyl sites for hydroxylation is 1. The summed E-state index contributed by atoms with van der Waals surface area (Å²) in [4.78, 5) is 6.17. The predicted octanol–water partition coefficient (Wildman–Crippen LogP) is 3.11. The fourth-order valence-electron chi connectivity index (χ4n) is 2.10. The van der Waals surface area contributed by atoms with E-state index in [0.717, 1.165) is 13.0 Å². The van der Waals surface area contributed by atoms with E-state index in [1.807, 2.05) is 12.4 Å². The number of anilines is 2. The summed E-state index contributed by atoms with van der Waals surface area (Å²) in [6.07, 6.45) is 4.68. The summed E-state index contributed by atoms with van der Waals surface area (Å²) in [5, 5.41) is 3.47. The highest BCUT2D eigenvalue weighted by atomic mass is 15.1. The predicted molar refractivity (Wildman–Crippen MR) is 81.9 cm³/mol. The number of nitrogens with one attached hydrogen (secondary N) is 1. The lowest BCUT2D eigenvalue weighted by molar-refractivity contribution is 1.01. The highest BCUT2D eigenvalue weighted by molar-refractivity contribution is 5.61. The van der Waals surface area contributed by atoms with Gasteiger partial charge in [0.2, 0.25) is 0 Å². The highest BCUT2D eigenvalue weighted by Gasteiger charge is 2.02. The van der Waals surface area contributed by atoms with E-state index in [0.29, 0.717) is 0 Å². The number of nitrogens with zero attached hydrogens (tertiary/aromatic N) is 2. The number of aromatic nitrogens is 1. The molecular weight excluding hydrogens is 234 g/mol. The van der Waals surface area contributed by atoms with Crippen molar-refractivity contribution in [2.45, 2.75) is 13.3 Å². The zero-order chi connectivity index (χ0) is 13.7. The van der Waals surface area contributed by atoms with Crippen LogP contribution in [0, 0.1) is 6.92 Å². The van der Waals surface area contributed by atoms with Crippen LogP contribution >= 0.6 is 0 Å². The molecule has 0 aliphatic heterocycles. The minimum atomic E-state index is 0.930. The van der Waals surface area contributed by atoms with Crippen molar-refractivity contribution in [1.82, 2.24) is 4.98 Å². The molecule has 0 saturated heterocycles. The van der Waals surface area contributed by atoms with Crippen molar-refractivity contribution in [2.24, 2.45) is 0 Å². The maximum atomic E-state index is 4.03. The van der Waals surface area contributed by atoms with E-state index in [-0.39, 0.29) is 0 Å². The molecule has 0 aliphatic rings. The molecule has 1 aromatic carbocycles. The third kappa shape index (κ3) is 3.71. The largest absolute Gasteiger partial charge is 0.385 e. The molecule has 0 bridgehead atoms. The van der Waals surface area contributed by atoms with E-state index in [2.05, 4.69) is 66.6 Å². The molecule has 2 rings (SSSR count). The third-order valence-corrected chi connectivity index (χ3v) is 3.18. The second kappa shape index (κ2) is 6.23. The lowest BCUT2D eigenvalue weighted by atomic mass is 10.1. The molecule has 1 N–H and O–H groups in total. The molecule has 0 aliphatic carbocycles. The lowest BCUT2D eigenvalue weighted by Crippen LogP contribution is -2.11. The number of pyridine rings is 1. The molecule has 1 heterocycles. The van der Waals surface area contributed by atoms with Gasteiger partial charge in [-0.25, -0.2) is 0 Å². The first-order valence-electron chi connectivity index (χ1n) is 6.57. The van der Waals surface area contributed by atoms with Gasteiger partial charge < -0.3 is 10.2 Å². The Kier molecular flexibility index (Phi) is 4.39. The van der Waals surface area contributed by atoms with Crippen LogP contribution in [0.3, 0.4) is 0 Å². The molecule has 0 radical (unpaired) electrons. The topological polar surface area (TPSA) is 28.2 Å². The SMILES string of the molecule is Cc1ccc(NCCc2ccncc2)cc1N(C)C. The number of benzene rings is 1. The fraction of sp³-hybridized carbons (Fsp3) is 0.312. The highest BCUT2D eigenvalue weighted by Crippen LogP contribution is 2.22. The van der Waals surface area contributed by atoms with Crippen molar-refractivity contribution in [1.29, 1.82) is 0 Å². The number of hydrogen-bond donors (Lipinski definition) is 1. The smallest absolute Gasteiger partial charge is 0.0411 e.